The molecule has 0 radical (unpaired) electrons. The predicted molar refractivity (Wildman–Crippen MR) is 78.9 cm³/mol. The molecule has 1 saturated heterocycles. The average molecular weight is 331 g/mol. The van der Waals surface area contributed by atoms with E-state index < -0.39 is 26.6 Å². The second kappa shape index (κ2) is 7.30. The Labute approximate surface area is 129 Å². The number of rotatable bonds is 6. The third-order valence-corrected chi connectivity index (χ3v) is 5.61. The Kier molecular flexibility index (Phi) is 5.66. The van der Waals surface area contributed by atoms with Crippen molar-refractivity contribution in [2.24, 2.45) is 5.92 Å². The Hall–Kier alpha value is -1.31. The van der Waals surface area contributed by atoms with Crippen molar-refractivity contribution in [1.29, 1.82) is 0 Å². The summed E-state index contributed by atoms with van der Waals surface area (Å²) in [7, 11) is -3.92. The maximum atomic E-state index is 13.7. The van der Waals surface area contributed by atoms with Crippen LogP contribution >= 0.6 is 0 Å². The summed E-state index contributed by atoms with van der Waals surface area (Å²) >= 11 is 0. The van der Waals surface area contributed by atoms with Crippen molar-refractivity contribution < 1.29 is 21.9 Å². The molecule has 0 atom stereocenters. The zero-order chi connectivity index (χ0) is 16.2. The lowest BCUT2D eigenvalue weighted by atomic mass is 9.99. The summed E-state index contributed by atoms with van der Waals surface area (Å²) in [6, 6.07) is 2.51. The van der Waals surface area contributed by atoms with Crippen molar-refractivity contribution in [3.8, 4) is 0 Å². The second-order valence-electron chi connectivity index (χ2n) is 5.25. The molecular weight excluding hydrogens is 312 g/mol. The zero-order valence-electron chi connectivity index (χ0n) is 12.2. The van der Waals surface area contributed by atoms with E-state index in [1.807, 2.05) is 0 Å². The predicted octanol–water partition coefficient (Wildman–Crippen LogP) is 2.57. The maximum absolute atomic E-state index is 13.7. The van der Waals surface area contributed by atoms with Crippen LogP contribution in [0.1, 0.15) is 12.8 Å². The van der Waals surface area contributed by atoms with Gasteiger partial charge in [0.05, 0.1) is 6.61 Å². The molecule has 0 saturated carbocycles. The minimum absolute atomic E-state index is 0.282. The Morgan fingerprint density at radius 2 is 2.00 bits per heavy atom. The smallest absolute Gasteiger partial charge is 0.245 e. The van der Waals surface area contributed by atoms with E-state index in [-0.39, 0.29) is 5.92 Å². The summed E-state index contributed by atoms with van der Waals surface area (Å²) < 4.78 is 58.0. The monoisotopic (exact) mass is 331 g/mol. The summed E-state index contributed by atoms with van der Waals surface area (Å²) in [5.41, 5.74) is 0. The standard InChI is InChI=1S/C15H19F2NO3S/c1-2-9-21-11-12-5-7-18(8-6-12)22(19,20)15-4-3-13(16)10-14(15)17/h2-4,10,12H,1,5-9,11H2. The van der Waals surface area contributed by atoms with Gasteiger partial charge in [0.25, 0.3) is 0 Å². The highest BCUT2D eigenvalue weighted by Crippen LogP contribution is 2.25. The van der Waals surface area contributed by atoms with E-state index >= 15 is 0 Å². The van der Waals surface area contributed by atoms with Crippen LogP contribution in [0.4, 0.5) is 8.78 Å². The van der Waals surface area contributed by atoms with Gasteiger partial charge >= 0.3 is 0 Å². The van der Waals surface area contributed by atoms with Gasteiger partial charge < -0.3 is 4.74 Å². The van der Waals surface area contributed by atoms with E-state index in [2.05, 4.69) is 6.58 Å². The largest absolute Gasteiger partial charge is 0.377 e. The van der Waals surface area contributed by atoms with E-state index in [4.69, 9.17) is 4.74 Å². The average Bonchev–Trinajstić information content (AvgIpc) is 2.47. The summed E-state index contributed by atoms with van der Waals surface area (Å²) in [5, 5.41) is 0. The summed E-state index contributed by atoms with van der Waals surface area (Å²) in [5.74, 6) is -1.57. The van der Waals surface area contributed by atoms with Crippen LogP contribution < -0.4 is 0 Å². The van der Waals surface area contributed by atoms with E-state index in [1.165, 1.54) is 4.31 Å². The van der Waals surface area contributed by atoms with Crippen LogP contribution in [-0.2, 0) is 14.8 Å². The van der Waals surface area contributed by atoms with E-state index in [1.54, 1.807) is 6.08 Å². The molecule has 2 rings (SSSR count). The van der Waals surface area contributed by atoms with Gasteiger partial charge in [-0.15, -0.1) is 6.58 Å². The van der Waals surface area contributed by atoms with Crippen LogP contribution in [0.15, 0.2) is 35.7 Å². The number of ether oxygens (including phenoxy) is 1. The number of benzene rings is 1. The lowest BCUT2D eigenvalue weighted by Gasteiger charge is -2.31. The van der Waals surface area contributed by atoms with Crippen LogP contribution in [0.3, 0.4) is 0 Å². The number of halogens is 2. The SMILES string of the molecule is C=CCOCC1CCN(S(=O)(=O)c2ccc(F)cc2F)CC1. The molecular formula is C15H19F2NO3S. The number of sulfonamides is 1. The van der Waals surface area contributed by atoms with Gasteiger partial charge in [0.1, 0.15) is 16.5 Å². The highest BCUT2D eigenvalue weighted by molar-refractivity contribution is 7.89. The fourth-order valence-electron chi connectivity index (χ4n) is 2.46. The van der Waals surface area contributed by atoms with Gasteiger partial charge in [-0.05, 0) is 30.9 Å². The quantitative estimate of drug-likeness (QED) is 0.594. The minimum atomic E-state index is -3.92. The number of piperidine rings is 1. The molecule has 1 fully saturated rings. The zero-order valence-corrected chi connectivity index (χ0v) is 13.0. The van der Waals surface area contributed by atoms with Crippen LogP contribution in [0.25, 0.3) is 0 Å². The fraction of sp³-hybridized carbons (Fsp3) is 0.467. The maximum Gasteiger partial charge on any atom is 0.245 e. The van der Waals surface area contributed by atoms with Crippen molar-refractivity contribution in [3.05, 3.63) is 42.5 Å². The van der Waals surface area contributed by atoms with Gasteiger partial charge in [0, 0.05) is 25.8 Å². The number of hydrogen-bond donors (Lipinski definition) is 0. The first-order valence-electron chi connectivity index (χ1n) is 7.09. The highest BCUT2D eigenvalue weighted by Gasteiger charge is 2.31. The van der Waals surface area contributed by atoms with Crippen LogP contribution in [-0.4, -0.2) is 39.0 Å². The fourth-order valence-corrected chi connectivity index (χ4v) is 3.97. The lowest BCUT2D eigenvalue weighted by Crippen LogP contribution is -2.39. The highest BCUT2D eigenvalue weighted by atomic mass is 32.2. The van der Waals surface area contributed by atoms with Gasteiger partial charge in [0.2, 0.25) is 10.0 Å². The van der Waals surface area contributed by atoms with Crippen molar-refractivity contribution >= 4 is 10.0 Å². The molecule has 0 amide bonds. The number of hydrogen-bond acceptors (Lipinski definition) is 3. The topological polar surface area (TPSA) is 46.6 Å². The van der Waals surface area contributed by atoms with Gasteiger partial charge in [-0.1, -0.05) is 6.08 Å². The third kappa shape index (κ3) is 3.91. The van der Waals surface area contributed by atoms with Crippen molar-refractivity contribution in [1.82, 2.24) is 4.31 Å². The molecule has 0 aromatic heterocycles. The molecule has 0 unspecified atom stereocenters. The molecule has 122 valence electrons. The molecule has 0 spiro atoms. The van der Waals surface area contributed by atoms with Crippen LogP contribution in [0.5, 0.6) is 0 Å². The molecule has 1 heterocycles. The van der Waals surface area contributed by atoms with E-state index in [0.29, 0.717) is 45.2 Å². The molecule has 1 aromatic carbocycles. The molecule has 0 bridgehead atoms. The first kappa shape index (κ1) is 17.1. The third-order valence-electron chi connectivity index (χ3n) is 3.67. The van der Waals surface area contributed by atoms with Crippen LogP contribution in [0.2, 0.25) is 0 Å². The Morgan fingerprint density at radius 3 is 2.59 bits per heavy atom. The Morgan fingerprint density at radius 1 is 1.32 bits per heavy atom. The molecule has 0 aliphatic carbocycles. The lowest BCUT2D eigenvalue weighted by molar-refractivity contribution is 0.0982. The Balaban J connectivity index is 2.02. The van der Waals surface area contributed by atoms with Gasteiger partial charge in [-0.3, -0.25) is 0 Å². The molecule has 1 aromatic rings. The molecule has 0 N–H and O–H groups in total. The molecule has 22 heavy (non-hydrogen) atoms. The molecule has 1 aliphatic heterocycles. The van der Waals surface area contributed by atoms with E-state index in [9.17, 15) is 17.2 Å². The number of nitrogens with zero attached hydrogens (tertiary/aromatic N) is 1. The van der Waals surface area contributed by atoms with E-state index in [0.717, 1.165) is 12.1 Å². The normalized spacial score (nSPS) is 17.5. The summed E-state index contributed by atoms with van der Waals surface area (Å²) in [6.07, 6.45) is 2.97. The minimum Gasteiger partial charge on any atom is -0.377 e. The first-order valence-corrected chi connectivity index (χ1v) is 8.53. The van der Waals surface area contributed by atoms with Gasteiger partial charge in [-0.25, -0.2) is 17.2 Å². The van der Waals surface area contributed by atoms with Crippen LogP contribution in [0, 0.1) is 17.6 Å². The molecule has 1 aliphatic rings. The summed E-state index contributed by atoms with van der Waals surface area (Å²) in [6.45, 7) is 5.21. The van der Waals surface area contributed by atoms with Crippen molar-refractivity contribution in [3.63, 3.8) is 0 Å². The van der Waals surface area contributed by atoms with Crippen molar-refractivity contribution in [2.75, 3.05) is 26.3 Å². The van der Waals surface area contributed by atoms with Gasteiger partial charge in [0.15, 0.2) is 0 Å². The summed E-state index contributed by atoms with van der Waals surface area (Å²) in [4.78, 5) is -0.477. The molecule has 7 heteroatoms. The second-order valence-corrected chi connectivity index (χ2v) is 7.15. The van der Waals surface area contributed by atoms with Gasteiger partial charge in [-0.2, -0.15) is 4.31 Å². The molecule has 4 nitrogen and oxygen atoms in total. The Bertz CT molecular complexity index is 626. The first-order chi connectivity index (χ1) is 10.4. The van der Waals surface area contributed by atoms with Crippen molar-refractivity contribution in [2.45, 2.75) is 17.7 Å².